The second kappa shape index (κ2) is 9.64. The molecule has 0 saturated heterocycles. The lowest BCUT2D eigenvalue weighted by Gasteiger charge is -2.28. The minimum Gasteiger partial charge on any atom is -0.435 e. The highest BCUT2D eigenvalue weighted by molar-refractivity contribution is 5.78. The normalized spacial score (nSPS) is 14.9. The van der Waals surface area contributed by atoms with Crippen molar-refractivity contribution in [3.05, 3.63) is 65.7 Å². The molecule has 0 bridgehead atoms. The summed E-state index contributed by atoms with van der Waals surface area (Å²) in [4.78, 5) is 14.7. The molecule has 3 rings (SSSR count). The van der Waals surface area contributed by atoms with E-state index in [0.29, 0.717) is 25.0 Å². The van der Waals surface area contributed by atoms with E-state index in [1.807, 2.05) is 18.2 Å². The summed E-state index contributed by atoms with van der Waals surface area (Å²) in [5, 5.41) is 2.92. The van der Waals surface area contributed by atoms with Crippen LogP contribution < -0.4 is 10.1 Å². The van der Waals surface area contributed by atoms with Gasteiger partial charge in [0.2, 0.25) is 5.91 Å². The lowest BCUT2D eigenvalue weighted by atomic mass is 10.1. The SMILES string of the molecule is CC(C1CC1)N(CC(=O)NCc1ccc(OC(F)F)cc1)Cc1ccccc1. The third-order valence-corrected chi connectivity index (χ3v) is 5.09. The van der Waals surface area contributed by atoms with Gasteiger partial charge in [0.1, 0.15) is 5.75 Å². The number of nitrogens with one attached hydrogen (secondary N) is 1. The molecule has 150 valence electrons. The Labute approximate surface area is 164 Å². The summed E-state index contributed by atoms with van der Waals surface area (Å²) < 4.78 is 28.7. The van der Waals surface area contributed by atoms with Gasteiger partial charge in [0, 0.05) is 19.1 Å². The number of carbonyl (C=O) groups is 1. The molecule has 2 aromatic rings. The molecule has 0 spiro atoms. The molecule has 0 aromatic heterocycles. The van der Waals surface area contributed by atoms with E-state index < -0.39 is 6.61 Å². The summed E-state index contributed by atoms with van der Waals surface area (Å²) >= 11 is 0. The van der Waals surface area contributed by atoms with Crippen LogP contribution in [0.25, 0.3) is 0 Å². The number of nitrogens with zero attached hydrogens (tertiary/aromatic N) is 1. The summed E-state index contributed by atoms with van der Waals surface area (Å²) in [7, 11) is 0. The van der Waals surface area contributed by atoms with Gasteiger partial charge in [-0.05, 0) is 48.9 Å². The first-order valence-corrected chi connectivity index (χ1v) is 9.59. The second-order valence-corrected chi connectivity index (χ2v) is 7.27. The molecule has 2 aromatic carbocycles. The number of benzene rings is 2. The Morgan fingerprint density at radius 2 is 1.79 bits per heavy atom. The van der Waals surface area contributed by atoms with Crippen LogP contribution in [0.2, 0.25) is 0 Å². The molecule has 1 unspecified atom stereocenters. The molecule has 28 heavy (non-hydrogen) atoms. The fourth-order valence-corrected chi connectivity index (χ4v) is 3.27. The zero-order valence-electron chi connectivity index (χ0n) is 16.0. The lowest BCUT2D eigenvalue weighted by molar-refractivity contribution is -0.123. The van der Waals surface area contributed by atoms with Crippen molar-refractivity contribution in [2.45, 2.75) is 45.5 Å². The van der Waals surface area contributed by atoms with E-state index >= 15 is 0 Å². The summed E-state index contributed by atoms with van der Waals surface area (Å²) in [6, 6.07) is 16.8. The molecule has 0 heterocycles. The summed E-state index contributed by atoms with van der Waals surface area (Å²) in [6.45, 7) is 0.778. The van der Waals surface area contributed by atoms with Crippen molar-refractivity contribution < 1.29 is 18.3 Å². The van der Waals surface area contributed by atoms with E-state index in [2.05, 4.69) is 34.0 Å². The molecule has 6 heteroatoms. The molecule has 1 aliphatic carbocycles. The van der Waals surface area contributed by atoms with Crippen LogP contribution in [0.15, 0.2) is 54.6 Å². The topological polar surface area (TPSA) is 41.6 Å². The number of hydrogen-bond acceptors (Lipinski definition) is 3. The minimum absolute atomic E-state index is 0.0451. The van der Waals surface area contributed by atoms with Crippen LogP contribution in [-0.4, -0.2) is 30.0 Å². The van der Waals surface area contributed by atoms with Gasteiger partial charge in [-0.2, -0.15) is 8.78 Å². The average Bonchev–Trinajstić information content (AvgIpc) is 3.52. The van der Waals surface area contributed by atoms with E-state index in [9.17, 15) is 13.6 Å². The Morgan fingerprint density at radius 3 is 2.39 bits per heavy atom. The third kappa shape index (κ3) is 6.30. The van der Waals surface area contributed by atoms with Crippen LogP contribution in [0.4, 0.5) is 8.78 Å². The summed E-state index contributed by atoms with van der Waals surface area (Å²) in [5.74, 6) is 0.729. The quantitative estimate of drug-likeness (QED) is 0.663. The van der Waals surface area contributed by atoms with Crippen molar-refractivity contribution in [3.63, 3.8) is 0 Å². The fourth-order valence-electron chi connectivity index (χ4n) is 3.27. The number of halogens is 2. The van der Waals surface area contributed by atoms with Crippen LogP contribution >= 0.6 is 0 Å². The van der Waals surface area contributed by atoms with Gasteiger partial charge in [0.15, 0.2) is 0 Å². The highest BCUT2D eigenvalue weighted by Crippen LogP contribution is 2.35. The maximum atomic E-state index is 12.5. The molecule has 0 radical (unpaired) electrons. The van der Waals surface area contributed by atoms with E-state index in [1.165, 1.54) is 30.5 Å². The van der Waals surface area contributed by atoms with Gasteiger partial charge < -0.3 is 10.1 Å². The van der Waals surface area contributed by atoms with Crippen LogP contribution in [0, 0.1) is 5.92 Å². The van der Waals surface area contributed by atoms with Crippen LogP contribution in [-0.2, 0) is 17.9 Å². The molecule has 1 saturated carbocycles. The van der Waals surface area contributed by atoms with Crippen molar-refractivity contribution in [2.75, 3.05) is 6.54 Å². The summed E-state index contributed by atoms with van der Waals surface area (Å²) in [5.41, 5.74) is 2.03. The van der Waals surface area contributed by atoms with Crippen molar-refractivity contribution >= 4 is 5.91 Å². The first kappa shape index (κ1) is 20.3. The van der Waals surface area contributed by atoms with Gasteiger partial charge in [-0.3, -0.25) is 9.69 Å². The highest BCUT2D eigenvalue weighted by atomic mass is 19.3. The van der Waals surface area contributed by atoms with Gasteiger partial charge in [-0.1, -0.05) is 42.5 Å². The number of alkyl halides is 2. The van der Waals surface area contributed by atoms with Crippen LogP contribution in [0.5, 0.6) is 5.75 Å². The Balaban J connectivity index is 1.53. The maximum Gasteiger partial charge on any atom is 0.387 e. The number of amides is 1. The standard InChI is InChI=1S/C22H26F2N2O2/c1-16(19-9-10-19)26(14-18-5-3-2-4-6-18)15-21(27)25-13-17-7-11-20(12-8-17)28-22(23)24/h2-8,11-12,16,19,22H,9-10,13-15H2,1H3,(H,25,27). The van der Waals surface area contributed by atoms with E-state index in [0.717, 1.165) is 12.1 Å². The maximum absolute atomic E-state index is 12.5. The van der Waals surface area contributed by atoms with Gasteiger partial charge in [0.25, 0.3) is 0 Å². The molecule has 1 atom stereocenters. The van der Waals surface area contributed by atoms with Crippen LogP contribution in [0.3, 0.4) is 0 Å². The number of hydrogen-bond donors (Lipinski definition) is 1. The Morgan fingerprint density at radius 1 is 1.11 bits per heavy atom. The van der Waals surface area contributed by atoms with E-state index in [1.54, 1.807) is 12.1 Å². The lowest BCUT2D eigenvalue weighted by Crippen LogP contribution is -2.42. The molecular weight excluding hydrogens is 362 g/mol. The molecule has 1 amide bonds. The van der Waals surface area contributed by atoms with Gasteiger partial charge in [-0.25, -0.2) is 0 Å². The minimum atomic E-state index is -2.84. The number of rotatable bonds is 10. The summed E-state index contributed by atoms with van der Waals surface area (Å²) in [6.07, 6.45) is 2.45. The van der Waals surface area contributed by atoms with Crippen LogP contribution in [0.1, 0.15) is 30.9 Å². The monoisotopic (exact) mass is 388 g/mol. The predicted octanol–water partition coefficient (Wildman–Crippen LogP) is 4.20. The molecule has 1 aliphatic rings. The molecule has 1 N–H and O–H groups in total. The number of carbonyl (C=O) groups excluding carboxylic acids is 1. The Kier molecular flexibility index (Phi) is 6.98. The zero-order chi connectivity index (χ0) is 19.9. The first-order valence-electron chi connectivity index (χ1n) is 9.59. The fraction of sp³-hybridized carbons (Fsp3) is 0.409. The van der Waals surface area contributed by atoms with Gasteiger partial charge in [-0.15, -0.1) is 0 Å². The zero-order valence-corrected chi connectivity index (χ0v) is 16.0. The third-order valence-electron chi connectivity index (χ3n) is 5.09. The van der Waals surface area contributed by atoms with E-state index in [4.69, 9.17) is 0 Å². The van der Waals surface area contributed by atoms with Crippen molar-refractivity contribution in [2.24, 2.45) is 5.92 Å². The van der Waals surface area contributed by atoms with Gasteiger partial charge >= 0.3 is 6.61 Å². The molecule has 0 aliphatic heterocycles. The largest absolute Gasteiger partial charge is 0.435 e. The van der Waals surface area contributed by atoms with Crippen molar-refractivity contribution in [3.8, 4) is 5.75 Å². The first-order chi connectivity index (χ1) is 13.5. The molecular formula is C22H26F2N2O2. The predicted molar refractivity (Wildman–Crippen MR) is 104 cm³/mol. The van der Waals surface area contributed by atoms with Crippen molar-refractivity contribution in [1.29, 1.82) is 0 Å². The smallest absolute Gasteiger partial charge is 0.387 e. The second-order valence-electron chi connectivity index (χ2n) is 7.27. The number of ether oxygens (including phenoxy) is 1. The van der Waals surface area contributed by atoms with Gasteiger partial charge in [0.05, 0.1) is 6.54 Å². The Bertz CT molecular complexity index is 749. The Hall–Kier alpha value is -2.47. The molecule has 4 nitrogen and oxygen atoms in total. The van der Waals surface area contributed by atoms with E-state index in [-0.39, 0.29) is 11.7 Å². The average molecular weight is 388 g/mol. The molecule has 1 fully saturated rings. The van der Waals surface area contributed by atoms with Crippen molar-refractivity contribution in [1.82, 2.24) is 10.2 Å². The highest BCUT2D eigenvalue weighted by Gasteiger charge is 2.32.